The summed E-state index contributed by atoms with van der Waals surface area (Å²) in [6.45, 7) is 2.49. The fourth-order valence-corrected chi connectivity index (χ4v) is 5.01. The van der Waals surface area contributed by atoms with Gasteiger partial charge < -0.3 is 5.73 Å². The van der Waals surface area contributed by atoms with Crippen molar-refractivity contribution in [1.29, 1.82) is 0 Å². The van der Waals surface area contributed by atoms with E-state index in [4.69, 9.17) is 5.73 Å². The van der Waals surface area contributed by atoms with E-state index in [1.54, 1.807) is 30.0 Å². The Morgan fingerprint density at radius 3 is 2.52 bits per heavy atom. The molecule has 4 nitrogen and oxygen atoms in total. The van der Waals surface area contributed by atoms with Gasteiger partial charge in [0.05, 0.1) is 4.90 Å². The molecule has 6 heteroatoms. The first-order chi connectivity index (χ1) is 9.92. The summed E-state index contributed by atoms with van der Waals surface area (Å²) >= 11 is 1.77. The molecular weight excluding hydrogens is 304 g/mol. The van der Waals surface area contributed by atoms with Gasteiger partial charge in [-0.15, -0.1) is 0 Å². The zero-order chi connectivity index (χ0) is 15.5. The number of hydrogen-bond acceptors (Lipinski definition) is 4. The molecule has 1 aromatic rings. The standard InChI is InChI=1S/C15H24N2O2S2/c1-3-12-6-7-13(10-14(12)16)21(18,19)17-11-15(20-2)8-4-5-9-15/h6-7,10,17H,3-5,8-9,11,16H2,1-2H3. The fourth-order valence-electron chi connectivity index (χ4n) is 2.84. The first-order valence-electron chi connectivity index (χ1n) is 7.36. The van der Waals surface area contributed by atoms with E-state index in [1.807, 2.05) is 6.92 Å². The van der Waals surface area contributed by atoms with Gasteiger partial charge in [0.25, 0.3) is 0 Å². The lowest BCUT2D eigenvalue weighted by Crippen LogP contribution is -2.38. The minimum Gasteiger partial charge on any atom is -0.398 e. The summed E-state index contributed by atoms with van der Waals surface area (Å²) in [6.07, 6.45) is 7.38. The highest BCUT2D eigenvalue weighted by Gasteiger charge is 2.34. The van der Waals surface area contributed by atoms with Gasteiger partial charge in [0.2, 0.25) is 10.0 Å². The van der Waals surface area contributed by atoms with Crippen molar-refractivity contribution in [3.63, 3.8) is 0 Å². The molecule has 0 amide bonds. The molecule has 2 rings (SSSR count). The van der Waals surface area contributed by atoms with Crippen molar-refractivity contribution < 1.29 is 8.42 Å². The van der Waals surface area contributed by atoms with Crippen LogP contribution in [-0.4, -0.2) is 26.0 Å². The molecule has 1 aliphatic rings. The topological polar surface area (TPSA) is 72.2 Å². The van der Waals surface area contributed by atoms with Crippen molar-refractivity contribution in [2.75, 3.05) is 18.5 Å². The van der Waals surface area contributed by atoms with Gasteiger partial charge in [-0.25, -0.2) is 13.1 Å². The van der Waals surface area contributed by atoms with Crippen LogP contribution in [-0.2, 0) is 16.4 Å². The smallest absolute Gasteiger partial charge is 0.240 e. The molecule has 3 N–H and O–H groups in total. The Kier molecular flexibility index (Phi) is 5.22. The summed E-state index contributed by atoms with van der Waals surface area (Å²) in [5, 5.41) is 0. The lowest BCUT2D eigenvalue weighted by Gasteiger charge is -2.26. The van der Waals surface area contributed by atoms with Crippen molar-refractivity contribution >= 4 is 27.5 Å². The highest BCUT2D eigenvalue weighted by molar-refractivity contribution is 8.00. The molecule has 1 fully saturated rings. The second-order valence-corrected chi connectivity index (χ2v) is 8.67. The molecule has 1 aliphatic carbocycles. The number of benzene rings is 1. The molecule has 21 heavy (non-hydrogen) atoms. The van der Waals surface area contributed by atoms with Crippen molar-refractivity contribution in [1.82, 2.24) is 4.72 Å². The first-order valence-corrected chi connectivity index (χ1v) is 10.1. The summed E-state index contributed by atoms with van der Waals surface area (Å²) in [5.74, 6) is 0. The lowest BCUT2D eigenvalue weighted by atomic mass is 10.1. The average Bonchev–Trinajstić information content (AvgIpc) is 2.95. The normalized spacial score (nSPS) is 18.0. The van der Waals surface area contributed by atoms with Crippen LogP contribution in [0.5, 0.6) is 0 Å². The van der Waals surface area contributed by atoms with E-state index in [0.29, 0.717) is 12.2 Å². The van der Waals surface area contributed by atoms with Gasteiger partial charge in [-0.1, -0.05) is 25.8 Å². The molecule has 1 saturated carbocycles. The van der Waals surface area contributed by atoms with Gasteiger partial charge in [-0.05, 0) is 43.2 Å². The largest absolute Gasteiger partial charge is 0.398 e. The molecule has 0 aliphatic heterocycles. The maximum atomic E-state index is 12.4. The molecule has 0 saturated heterocycles. The van der Waals surface area contributed by atoms with E-state index >= 15 is 0 Å². The van der Waals surface area contributed by atoms with Crippen LogP contribution in [0, 0.1) is 0 Å². The van der Waals surface area contributed by atoms with Gasteiger partial charge in [0.1, 0.15) is 0 Å². The molecular formula is C15H24N2O2S2. The minimum atomic E-state index is -3.49. The first kappa shape index (κ1) is 16.6. The summed E-state index contributed by atoms with van der Waals surface area (Å²) < 4.78 is 27.7. The third-order valence-corrected chi connectivity index (χ3v) is 7.16. The highest BCUT2D eigenvalue weighted by atomic mass is 32.2. The molecule has 0 bridgehead atoms. The van der Waals surface area contributed by atoms with Crippen LogP contribution in [0.3, 0.4) is 0 Å². The molecule has 1 aromatic carbocycles. The monoisotopic (exact) mass is 328 g/mol. The van der Waals surface area contributed by atoms with E-state index in [0.717, 1.165) is 24.8 Å². The molecule has 0 atom stereocenters. The number of anilines is 1. The van der Waals surface area contributed by atoms with Crippen LogP contribution in [0.15, 0.2) is 23.1 Å². The molecule has 0 aromatic heterocycles. The molecule has 0 radical (unpaired) electrons. The summed E-state index contributed by atoms with van der Waals surface area (Å²) in [6, 6.07) is 4.99. The number of aryl methyl sites for hydroxylation is 1. The number of rotatable bonds is 6. The molecule has 0 spiro atoms. The fraction of sp³-hybridized carbons (Fsp3) is 0.600. The van der Waals surface area contributed by atoms with Crippen molar-refractivity contribution in [2.24, 2.45) is 0 Å². The van der Waals surface area contributed by atoms with E-state index in [2.05, 4.69) is 11.0 Å². The Bertz CT molecular complexity index is 594. The van der Waals surface area contributed by atoms with Crippen molar-refractivity contribution in [3.05, 3.63) is 23.8 Å². The second-order valence-electron chi connectivity index (χ2n) is 5.63. The van der Waals surface area contributed by atoms with Crippen molar-refractivity contribution in [3.8, 4) is 0 Å². The van der Waals surface area contributed by atoms with Crippen LogP contribution >= 0.6 is 11.8 Å². The Labute approximate surface area is 131 Å². The maximum Gasteiger partial charge on any atom is 0.240 e. The molecule has 0 heterocycles. The summed E-state index contributed by atoms with van der Waals surface area (Å²) in [4.78, 5) is 0.256. The van der Waals surface area contributed by atoms with Crippen LogP contribution in [0.4, 0.5) is 5.69 Å². The minimum absolute atomic E-state index is 0.0575. The molecule has 118 valence electrons. The number of thioether (sulfide) groups is 1. The second kappa shape index (κ2) is 6.58. The van der Waals surface area contributed by atoms with Gasteiger partial charge >= 0.3 is 0 Å². The van der Waals surface area contributed by atoms with E-state index in [9.17, 15) is 8.42 Å². The average molecular weight is 329 g/mol. The third-order valence-electron chi connectivity index (χ3n) is 4.34. The summed E-state index contributed by atoms with van der Waals surface area (Å²) in [5.41, 5.74) is 7.42. The maximum absolute atomic E-state index is 12.4. The van der Waals surface area contributed by atoms with Gasteiger partial charge in [-0.2, -0.15) is 11.8 Å². The SMILES string of the molecule is CCc1ccc(S(=O)(=O)NCC2(SC)CCCC2)cc1N. The number of nitrogens with one attached hydrogen (secondary N) is 1. The number of nitrogen functional groups attached to an aromatic ring is 1. The van der Waals surface area contributed by atoms with Crippen LogP contribution < -0.4 is 10.5 Å². The predicted molar refractivity (Wildman–Crippen MR) is 90.1 cm³/mol. The Balaban J connectivity index is 2.13. The highest BCUT2D eigenvalue weighted by Crippen LogP contribution is 2.39. The van der Waals surface area contributed by atoms with E-state index in [1.165, 1.54) is 12.8 Å². The van der Waals surface area contributed by atoms with Crippen LogP contribution in [0.25, 0.3) is 0 Å². The predicted octanol–water partition coefficient (Wildman–Crippen LogP) is 2.79. The van der Waals surface area contributed by atoms with Crippen LogP contribution in [0.1, 0.15) is 38.2 Å². The van der Waals surface area contributed by atoms with E-state index < -0.39 is 10.0 Å². The quantitative estimate of drug-likeness (QED) is 0.788. The number of hydrogen-bond donors (Lipinski definition) is 2. The Morgan fingerprint density at radius 1 is 1.33 bits per heavy atom. The van der Waals surface area contributed by atoms with E-state index in [-0.39, 0.29) is 9.64 Å². The zero-order valence-electron chi connectivity index (χ0n) is 12.7. The summed E-state index contributed by atoms with van der Waals surface area (Å²) in [7, 11) is -3.49. The van der Waals surface area contributed by atoms with Crippen LogP contribution in [0.2, 0.25) is 0 Å². The Hall–Kier alpha value is -0.720. The van der Waals surface area contributed by atoms with Gasteiger partial charge in [0.15, 0.2) is 0 Å². The lowest BCUT2D eigenvalue weighted by molar-refractivity contribution is 0.551. The third kappa shape index (κ3) is 3.73. The zero-order valence-corrected chi connectivity index (χ0v) is 14.3. The van der Waals surface area contributed by atoms with Gasteiger partial charge in [0, 0.05) is 17.0 Å². The Morgan fingerprint density at radius 2 is 2.00 bits per heavy atom. The number of nitrogens with two attached hydrogens (primary N) is 1. The van der Waals surface area contributed by atoms with Crippen molar-refractivity contribution in [2.45, 2.75) is 48.7 Å². The molecule has 0 unspecified atom stereocenters. The van der Waals surface area contributed by atoms with Gasteiger partial charge in [-0.3, -0.25) is 0 Å². The number of sulfonamides is 1.